The zero-order valence-corrected chi connectivity index (χ0v) is 15.8. The van der Waals surface area contributed by atoms with Crippen molar-refractivity contribution in [2.75, 3.05) is 26.7 Å². The molecule has 0 bridgehead atoms. The van der Waals surface area contributed by atoms with Gasteiger partial charge in [-0.15, -0.1) is 12.4 Å². The monoisotopic (exact) mass is 378 g/mol. The van der Waals surface area contributed by atoms with E-state index in [1.165, 1.54) is 12.1 Å². The van der Waals surface area contributed by atoms with E-state index in [9.17, 15) is 9.18 Å². The molecule has 1 saturated heterocycles. The molecule has 1 aromatic carbocycles. The molecule has 2 N–H and O–H groups in total. The van der Waals surface area contributed by atoms with Crippen LogP contribution < -0.4 is 10.6 Å². The van der Waals surface area contributed by atoms with Crippen LogP contribution in [0.4, 0.5) is 4.39 Å². The van der Waals surface area contributed by atoms with Gasteiger partial charge in [0.2, 0.25) is 0 Å². The zero-order chi connectivity index (χ0) is 17.1. The molecule has 1 heterocycles. The molecule has 1 aliphatic rings. The minimum Gasteiger partial charge on any atom is -0.368 e. The summed E-state index contributed by atoms with van der Waals surface area (Å²) < 4.78 is 18.7. The van der Waals surface area contributed by atoms with Crippen LogP contribution in [0.3, 0.4) is 0 Å². The Labute approximate surface area is 153 Å². The van der Waals surface area contributed by atoms with Crippen LogP contribution in [0.2, 0.25) is 5.02 Å². The SMILES string of the molecule is COC1(C(=O)NCC(C)(C)c2ccc(F)cc2Cl)CCNCC1.Cl. The first kappa shape index (κ1) is 21.2. The summed E-state index contributed by atoms with van der Waals surface area (Å²) in [6, 6.07) is 4.35. The third-order valence-electron chi connectivity index (χ3n) is 4.57. The van der Waals surface area contributed by atoms with Crippen LogP contribution in [0.25, 0.3) is 0 Å². The average Bonchev–Trinajstić information content (AvgIpc) is 2.53. The van der Waals surface area contributed by atoms with Crippen molar-refractivity contribution in [3.8, 4) is 0 Å². The predicted molar refractivity (Wildman–Crippen MR) is 96.5 cm³/mol. The van der Waals surface area contributed by atoms with Gasteiger partial charge in [0.15, 0.2) is 0 Å². The Hall–Kier alpha value is -0.880. The fourth-order valence-corrected chi connectivity index (χ4v) is 3.37. The van der Waals surface area contributed by atoms with E-state index >= 15 is 0 Å². The number of hydrogen-bond donors (Lipinski definition) is 2. The molecule has 1 aliphatic heterocycles. The van der Waals surface area contributed by atoms with E-state index in [0.717, 1.165) is 18.7 Å². The second-order valence-electron chi connectivity index (χ2n) is 6.64. The number of hydrogen-bond acceptors (Lipinski definition) is 3. The minimum atomic E-state index is -0.770. The Morgan fingerprint density at radius 3 is 2.58 bits per heavy atom. The molecule has 1 amide bonds. The number of amides is 1. The van der Waals surface area contributed by atoms with Gasteiger partial charge in [-0.1, -0.05) is 31.5 Å². The van der Waals surface area contributed by atoms with Crippen molar-refractivity contribution >= 4 is 29.9 Å². The molecule has 1 fully saturated rings. The number of carbonyl (C=O) groups excluding carboxylic acids is 1. The third-order valence-corrected chi connectivity index (χ3v) is 4.88. The average molecular weight is 379 g/mol. The molecule has 0 atom stereocenters. The van der Waals surface area contributed by atoms with E-state index in [-0.39, 0.29) is 24.1 Å². The lowest BCUT2D eigenvalue weighted by Gasteiger charge is -2.36. The fraction of sp³-hybridized carbons (Fsp3) is 0.588. The van der Waals surface area contributed by atoms with Crippen molar-refractivity contribution in [3.05, 3.63) is 34.6 Å². The van der Waals surface area contributed by atoms with Gasteiger partial charge in [-0.05, 0) is 43.6 Å². The summed E-state index contributed by atoms with van der Waals surface area (Å²) in [4.78, 5) is 12.6. The lowest BCUT2D eigenvalue weighted by molar-refractivity contribution is -0.146. The maximum absolute atomic E-state index is 13.2. The number of ether oxygens (including phenoxy) is 1. The summed E-state index contributed by atoms with van der Waals surface area (Å²) in [6.45, 7) is 5.85. The standard InChI is InChI=1S/C17H24ClFN2O2.ClH/c1-16(2,13-5-4-12(19)10-14(13)18)11-21-15(22)17(23-3)6-8-20-9-7-17;/h4-5,10,20H,6-9,11H2,1-3H3,(H,21,22);1H. The van der Waals surface area contributed by atoms with Gasteiger partial charge >= 0.3 is 0 Å². The van der Waals surface area contributed by atoms with Crippen LogP contribution in [0.15, 0.2) is 18.2 Å². The molecule has 4 nitrogen and oxygen atoms in total. The van der Waals surface area contributed by atoms with Gasteiger partial charge in [0.1, 0.15) is 11.4 Å². The van der Waals surface area contributed by atoms with Crippen LogP contribution in [-0.2, 0) is 14.9 Å². The largest absolute Gasteiger partial charge is 0.368 e. The van der Waals surface area contributed by atoms with Gasteiger partial charge in [0.25, 0.3) is 5.91 Å². The van der Waals surface area contributed by atoms with E-state index in [0.29, 0.717) is 24.4 Å². The maximum atomic E-state index is 13.2. The lowest BCUT2D eigenvalue weighted by Crippen LogP contribution is -2.55. The number of carbonyl (C=O) groups is 1. The van der Waals surface area contributed by atoms with E-state index in [1.807, 2.05) is 13.8 Å². The molecule has 0 aliphatic carbocycles. The molecule has 24 heavy (non-hydrogen) atoms. The number of rotatable bonds is 5. The summed E-state index contributed by atoms with van der Waals surface area (Å²) in [7, 11) is 1.58. The first-order valence-corrected chi connectivity index (χ1v) is 8.18. The van der Waals surface area contributed by atoms with Crippen LogP contribution in [0.5, 0.6) is 0 Å². The van der Waals surface area contributed by atoms with Gasteiger partial charge in [-0.3, -0.25) is 4.79 Å². The minimum absolute atomic E-state index is 0. The molecule has 0 aromatic heterocycles. The van der Waals surface area contributed by atoms with Gasteiger partial charge < -0.3 is 15.4 Å². The highest BCUT2D eigenvalue weighted by molar-refractivity contribution is 6.31. The summed E-state index contributed by atoms with van der Waals surface area (Å²) in [5, 5.41) is 6.58. The quantitative estimate of drug-likeness (QED) is 0.827. The molecule has 0 unspecified atom stereocenters. The highest BCUT2D eigenvalue weighted by Gasteiger charge is 2.40. The van der Waals surface area contributed by atoms with Gasteiger partial charge in [-0.2, -0.15) is 0 Å². The predicted octanol–water partition coefficient (Wildman–Crippen LogP) is 3.06. The normalized spacial score (nSPS) is 17.0. The van der Waals surface area contributed by atoms with Crippen molar-refractivity contribution in [2.45, 2.75) is 37.7 Å². The van der Waals surface area contributed by atoms with Crippen LogP contribution in [-0.4, -0.2) is 38.3 Å². The smallest absolute Gasteiger partial charge is 0.252 e. The third kappa shape index (κ3) is 4.60. The zero-order valence-electron chi connectivity index (χ0n) is 14.2. The highest BCUT2D eigenvalue weighted by Crippen LogP contribution is 2.30. The summed E-state index contributed by atoms with van der Waals surface area (Å²) in [5.74, 6) is -0.473. The topological polar surface area (TPSA) is 50.4 Å². The number of nitrogens with one attached hydrogen (secondary N) is 2. The van der Waals surface area contributed by atoms with E-state index < -0.39 is 11.0 Å². The van der Waals surface area contributed by atoms with E-state index in [2.05, 4.69) is 10.6 Å². The Morgan fingerprint density at radius 1 is 1.42 bits per heavy atom. The Kier molecular flexibility index (Phi) is 7.47. The van der Waals surface area contributed by atoms with E-state index in [4.69, 9.17) is 16.3 Å². The molecular formula is C17H25Cl2FN2O2. The van der Waals surface area contributed by atoms with Crippen LogP contribution in [0, 0.1) is 5.82 Å². The maximum Gasteiger partial charge on any atom is 0.252 e. The molecule has 0 saturated carbocycles. The fourth-order valence-electron chi connectivity index (χ4n) is 2.95. The number of methoxy groups -OCH3 is 1. The lowest BCUT2D eigenvalue weighted by atomic mass is 9.83. The summed E-state index contributed by atoms with van der Waals surface area (Å²) >= 11 is 6.15. The number of halogens is 3. The molecule has 0 radical (unpaired) electrons. The number of piperidine rings is 1. The summed E-state index contributed by atoms with van der Waals surface area (Å²) in [6.07, 6.45) is 1.29. The van der Waals surface area contributed by atoms with Crippen molar-refractivity contribution in [2.24, 2.45) is 0 Å². The second kappa shape index (κ2) is 8.48. The van der Waals surface area contributed by atoms with Crippen molar-refractivity contribution in [3.63, 3.8) is 0 Å². The van der Waals surface area contributed by atoms with Crippen molar-refractivity contribution in [1.29, 1.82) is 0 Å². The molecule has 1 aromatic rings. The van der Waals surface area contributed by atoms with Crippen molar-refractivity contribution < 1.29 is 13.9 Å². The molecular weight excluding hydrogens is 354 g/mol. The molecule has 2 rings (SSSR count). The Bertz CT molecular complexity index is 576. The van der Waals surface area contributed by atoms with Crippen molar-refractivity contribution in [1.82, 2.24) is 10.6 Å². The Morgan fingerprint density at radius 2 is 2.04 bits per heavy atom. The van der Waals surface area contributed by atoms with Crippen LogP contribution in [0.1, 0.15) is 32.3 Å². The second-order valence-corrected chi connectivity index (χ2v) is 7.05. The number of benzene rings is 1. The molecule has 0 spiro atoms. The van der Waals surface area contributed by atoms with Gasteiger partial charge in [0, 0.05) is 24.1 Å². The van der Waals surface area contributed by atoms with Crippen LogP contribution >= 0.6 is 24.0 Å². The molecule has 136 valence electrons. The van der Waals surface area contributed by atoms with Gasteiger partial charge in [-0.25, -0.2) is 4.39 Å². The highest BCUT2D eigenvalue weighted by atomic mass is 35.5. The Balaban J connectivity index is 0.00000288. The molecule has 7 heteroatoms. The van der Waals surface area contributed by atoms with Gasteiger partial charge in [0.05, 0.1) is 0 Å². The first-order valence-electron chi connectivity index (χ1n) is 7.80. The first-order chi connectivity index (χ1) is 10.8. The summed E-state index contributed by atoms with van der Waals surface area (Å²) in [5.41, 5.74) is -0.381. The van der Waals surface area contributed by atoms with E-state index in [1.54, 1.807) is 13.2 Å².